The van der Waals surface area contributed by atoms with E-state index >= 15 is 0 Å². The highest BCUT2D eigenvalue weighted by Crippen LogP contribution is 2.43. The van der Waals surface area contributed by atoms with Gasteiger partial charge in [0.1, 0.15) is 14.1 Å². The Hall–Kier alpha value is -3.26. The van der Waals surface area contributed by atoms with Crippen LogP contribution in [0, 0.1) is 13.8 Å². The van der Waals surface area contributed by atoms with Gasteiger partial charge >= 0.3 is 0 Å². The van der Waals surface area contributed by atoms with Gasteiger partial charge in [0, 0.05) is 24.3 Å². The maximum atomic E-state index is 2.40. The molecule has 0 bridgehead atoms. The van der Waals surface area contributed by atoms with E-state index in [-0.39, 0.29) is 0 Å². The molecule has 2 aromatic carbocycles. The van der Waals surface area contributed by atoms with E-state index in [0.717, 1.165) is 6.42 Å². The van der Waals surface area contributed by atoms with Crippen LogP contribution < -0.4 is 9.13 Å². The minimum atomic E-state index is 1.04. The Morgan fingerprint density at radius 1 is 0.690 bits per heavy atom. The summed E-state index contributed by atoms with van der Waals surface area (Å²) < 4.78 is 4.51. The van der Waals surface area contributed by atoms with Gasteiger partial charge < -0.3 is 0 Å². The van der Waals surface area contributed by atoms with Gasteiger partial charge in [-0.15, -0.1) is 0 Å². The van der Waals surface area contributed by atoms with Crippen molar-refractivity contribution in [2.24, 2.45) is 14.1 Å². The molecule has 0 unspecified atom stereocenters. The first-order chi connectivity index (χ1) is 14.1. The second-order valence-corrected chi connectivity index (χ2v) is 8.11. The predicted molar refractivity (Wildman–Crippen MR) is 117 cm³/mol. The number of hydrogen-bond acceptors (Lipinski definition) is 0. The van der Waals surface area contributed by atoms with Crippen LogP contribution in [0.1, 0.15) is 22.3 Å². The molecule has 0 N–H and O–H groups in total. The quantitative estimate of drug-likeness (QED) is 0.388. The third-order valence-electron chi connectivity index (χ3n) is 6.33. The van der Waals surface area contributed by atoms with Crippen molar-refractivity contribution in [3.63, 3.8) is 0 Å². The van der Waals surface area contributed by atoms with Crippen molar-refractivity contribution in [2.45, 2.75) is 20.3 Å². The van der Waals surface area contributed by atoms with Crippen LogP contribution in [-0.2, 0) is 20.5 Å². The molecule has 0 saturated carbocycles. The zero-order chi connectivity index (χ0) is 20.1. The fourth-order valence-electron chi connectivity index (χ4n) is 4.98. The summed E-state index contributed by atoms with van der Waals surface area (Å²) in [6, 6.07) is 24.2. The predicted octanol–water partition coefficient (Wildman–Crippen LogP) is 4.86. The first-order valence-electron chi connectivity index (χ1n) is 10.2. The molecule has 1 aliphatic carbocycles. The molecule has 0 aliphatic heterocycles. The molecule has 0 fully saturated rings. The van der Waals surface area contributed by atoms with Crippen LogP contribution in [0.25, 0.3) is 33.8 Å². The average Bonchev–Trinajstić information content (AvgIpc) is 3.08. The van der Waals surface area contributed by atoms with Crippen LogP contribution in [0.2, 0.25) is 0 Å². The van der Waals surface area contributed by atoms with Gasteiger partial charge in [-0.05, 0) is 65.8 Å². The highest BCUT2D eigenvalue weighted by molar-refractivity contribution is 5.85. The maximum absolute atomic E-state index is 2.40. The Kier molecular flexibility index (Phi) is 4.09. The van der Waals surface area contributed by atoms with Crippen LogP contribution in [0.3, 0.4) is 0 Å². The Labute approximate surface area is 172 Å². The summed E-state index contributed by atoms with van der Waals surface area (Å²) in [6.07, 6.45) is 3.14. The van der Waals surface area contributed by atoms with Crippen LogP contribution in [0.5, 0.6) is 0 Å². The molecular formula is C27H26N2+2. The van der Waals surface area contributed by atoms with E-state index in [1.807, 2.05) is 0 Å². The number of hydrogen-bond donors (Lipinski definition) is 0. The topological polar surface area (TPSA) is 7.76 Å². The van der Waals surface area contributed by atoms with Crippen molar-refractivity contribution in [3.8, 4) is 33.8 Å². The number of rotatable bonds is 2. The molecule has 0 saturated heterocycles. The minimum Gasteiger partial charge on any atom is -0.196 e. The normalized spacial score (nSPS) is 12.0. The van der Waals surface area contributed by atoms with Gasteiger partial charge in [0.2, 0.25) is 5.69 Å². The fraction of sp³-hybridized carbons (Fsp3) is 0.185. The van der Waals surface area contributed by atoms with Gasteiger partial charge in [-0.2, -0.15) is 9.13 Å². The van der Waals surface area contributed by atoms with Gasteiger partial charge in [-0.1, -0.05) is 30.3 Å². The van der Waals surface area contributed by atoms with E-state index in [0.29, 0.717) is 0 Å². The zero-order valence-electron chi connectivity index (χ0n) is 17.5. The van der Waals surface area contributed by atoms with Crippen molar-refractivity contribution in [1.29, 1.82) is 0 Å². The Balaban J connectivity index is 1.75. The Bertz CT molecular complexity index is 1270. The third-order valence-corrected chi connectivity index (χ3v) is 6.33. The number of nitrogens with zero attached hydrogens (tertiary/aromatic N) is 2. The standard InChI is InChI=1S/C27H26N2/c1-18-16-21-17-20-10-5-6-11-22(20)27(21)19(2)26(18)25-14-9-13-24(29(25)4)23-12-7-8-15-28(23)3/h5-16H,17H2,1-4H3/q+2. The van der Waals surface area contributed by atoms with Gasteiger partial charge in [0.15, 0.2) is 6.20 Å². The lowest BCUT2D eigenvalue weighted by atomic mass is 9.90. The molecule has 2 heterocycles. The molecule has 5 rings (SSSR count). The van der Waals surface area contributed by atoms with E-state index in [1.165, 1.54) is 56.0 Å². The summed E-state index contributed by atoms with van der Waals surface area (Å²) in [5, 5.41) is 0. The molecule has 29 heavy (non-hydrogen) atoms. The van der Waals surface area contributed by atoms with Gasteiger partial charge in [-0.25, -0.2) is 0 Å². The number of fused-ring (bicyclic) bond motifs is 3. The number of aryl methyl sites for hydroxylation is 2. The third kappa shape index (κ3) is 2.71. The van der Waals surface area contributed by atoms with Crippen molar-refractivity contribution < 1.29 is 9.13 Å². The summed E-state index contributed by atoms with van der Waals surface area (Å²) in [5.74, 6) is 0. The highest BCUT2D eigenvalue weighted by Gasteiger charge is 2.28. The van der Waals surface area contributed by atoms with Gasteiger partial charge in [0.25, 0.3) is 11.4 Å². The molecule has 0 atom stereocenters. The van der Waals surface area contributed by atoms with Crippen LogP contribution in [0.15, 0.2) is 72.9 Å². The molecule has 4 aromatic rings. The number of aromatic nitrogens is 2. The molecule has 2 nitrogen and oxygen atoms in total. The SMILES string of the molecule is Cc1cc2c(c(C)c1-c1cccc(-c3cccc[n+]3C)[n+]1C)-c1ccccc1C2. The molecule has 0 spiro atoms. The second-order valence-electron chi connectivity index (χ2n) is 8.11. The minimum absolute atomic E-state index is 1.04. The lowest BCUT2D eigenvalue weighted by Crippen LogP contribution is -2.40. The lowest BCUT2D eigenvalue weighted by Gasteiger charge is -2.15. The van der Waals surface area contributed by atoms with Crippen molar-refractivity contribution in [2.75, 3.05) is 0 Å². The van der Waals surface area contributed by atoms with Gasteiger partial charge in [-0.3, -0.25) is 0 Å². The van der Waals surface area contributed by atoms with Crippen LogP contribution in [-0.4, -0.2) is 0 Å². The molecule has 0 amide bonds. The largest absolute Gasteiger partial charge is 0.277 e. The van der Waals surface area contributed by atoms with Crippen molar-refractivity contribution in [3.05, 3.63) is 95.2 Å². The van der Waals surface area contributed by atoms with Crippen molar-refractivity contribution in [1.82, 2.24) is 0 Å². The summed E-state index contributed by atoms with van der Waals surface area (Å²) in [6.45, 7) is 4.54. The first-order valence-corrected chi connectivity index (χ1v) is 10.2. The average molecular weight is 379 g/mol. The maximum Gasteiger partial charge on any atom is 0.277 e. The molecule has 2 aromatic heterocycles. The summed E-state index contributed by atoms with van der Waals surface area (Å²) in [5.41, 5.74) is 13.5. The fourth-order valence-corrected chi connectivity index (χ4v) is 4.98. The highest BCUT2D eigenvalue weighted by atomic mass is 15.0. The van der Waals surface area contributed by atoms with E-state index in [1.54, 1.807) is 0 Å². The molecule has 2 heteroatoms. The van der Waals surface area contributed by atoms with Crippen LogP contribution >= 0.6 is 0 Å². The second kappa shape index (κ2) is 6.66. The first kappa shape index (κ1) is 17.8. The number of benzene rings is 2. The molecule has 0 radical (unpaired) electrons. The van der Waals surface area contributed by atoms with Gasteiger partial charge in [0.05, 0.1) is 5.56 Å². The smallest absolute Gasteiger partial charge is 0.196 e. The zero-order valence-corrected chi connectivity index (χ0v) is 17.5. The van der Waals surface area contributed by atoms with E-state index < -0.39 is 0 Å². The van der Waals surface area contributed by atoms with E-state index in [4.69, 9.17) is 0 Å². The Morgan fingerprint density at radius 2 is 1.41 bits per heavy atom. The summed E-state index contributed by atoms with van der Waals surface area (Å²) in [7, 11) is 4.28. The van der Waals surface area contributed by atoms with E-state index in [9.17, 15) is 0 Å². The summed E-state index contributed by atoms with van der Waals surface area (Å²) in [4.78, 5) is 0. The molecule has 142 valence electrons. The number of pyridine rings is 2. The monoisotopic (exact) mass is 378 g/mol. The lowest BCUT2D eigenvalue weighted by molar-refractivity contribution is -0.685. The summed E-state index contributed by atoms with van der Waals surface area (Å²) >= 11 is 0. The molecular weight excluding hydrogens is 352 g/mol. The molecule has 1 aliphatic rings. The van der Waals surface area contributed by atoms with E-state index in [2.05, 4.69) is 110 Å². The van der Waals surface area contributed by atoms with Crippen molar-refractivity contribution >= 4 is 0 Å². The van der Waals surface area contributed by atoms with Crippen LogP contribution in [0.4, 0.5) is 0 Å². The Morgan fingerprint density at radius 3 is 2.24 bits per heavy atom.